The molecule has 0 radical (unpaired) electrons. The van der Waals surface area contributed by atoms with Crippen LogP contribution in [-0.4, -0.2) is 31.4 Å². The number of benzene rings is 4. The number of fused-ring (bicyclic) bond motifs is 1. The average molecular weight is 550 g/mol. The van der Waals surface area contributed by atoms with Gasteiger partial charge in [-0.25, -0.2) is 12.4 Å². The molecule has 1 atom stereocenters. The van der Waals surface area contributed by atoms with Gasteiger partial charge in [0.25, 0.3) is 15.9 Å². The van der Waals surface area contributed by atoms with E-state index in [0.717, 1.165) is 48.0 Å². The summed E-state index contributed by atoms with van der Waals surface area (Å²) >= 11 is 0. The minimum Gasteiger partial charge on any atom is -0.345 e. The number of para-hydroxylation sites is 1. The summed E-state index contributed by atoms with van der Waals surface area (Å²) in [6.07, 6.45) is 3.64. The first kappa shape index (κ1) is 26.0. The third-order valence-electron chi connectivity index (χ3n) is 7.74. The van der Waals surface area contributed by atoms with Crippen molar-refractivity contribution in [2.75, 3.05) is 13.1 Å². The van der Waals surface area contributed by atoms with E-state index in [-0.39, 0.29) is 16.8 Å². The Morgan fingerprint density at radius 2 is 1.43 bits per heavy atom. The Morgan fingerprint density at radius 1 is 0.800 bits per heavy atom. The maximum Gasteiger partial charge on any atom is 0.268 e. The second-order valence-corrected chi connectivity index (χ2v) is 12.0. The lowest BCUT2D eigenvalue weighted by molar-refractivity contribution is 0.0914. The first-order chi connectivity index (χ1) is 19.5. The Hall–Kier alpha value is -4.20. The van der Waals surface area contributed by atoms with Gasteiger partial charge in [0.15, 0.2) is 0 Å². The summed E-state index contributed by atoms with van der Waals surface area (Å²) in [4.78, 5) is 13.5. The summed E-state index contributed by atoms with van der Waals surface area (Å²) in [6, 6.07) is 33.4. The van der Waals surface area contributed by atoms with E-state index in [1.807, 2.05) is 84.9 Å². The summed E-state index contributed by atoms with van der Waals surface area (Å²) in [5, 5.41) is 7.48. The molecule has 1 saturated heterocycles. The molecule has 0 spiro atoms. The fourth-order valence-corrected chi connectivity index (χ4v) is 6.99. The molecule has 1 aliphatic heterocycles. The summed E-state index contributed by atoms with van der Waals surface area (Å²) in [7, 11) is -3.90. The van der Waals surface area contributed by atoms with Crippen LogP contribution in [0.2, 0.25) is 0 Å². The second-order valence-electron chi connectivity index (χ2n) is 10.2. The monoisotopic (exact) mass is 549 g/mol. The molecule has 40 heavy (non-hydrogen) atoms. The SMILES string of the molecule is O=C(NC(c1ccccc1)C1CCNCC1)c1ccc(S(=O)(=O)n2cc(-c3ccccc3)c3ccccc32)cc1. The Kier molecular flexibility index (Phi) is 7.24. The highest BCUT2D eigenvalue weighted by molar-refractivity contribution is 7.90. The van der Waals surface area contributed by atoms with E-state index in [1.54, 1.807) is 18.3 Å². The second kappa shape index (κ2) is 11.1. The Bertz CT molecular complexity index is 1720. The number of carbonyl (C=O) groups excluding carboxylic acids is 1. The molecule has 6 rings (SSSR count). The Labute approximate surface area is 234 Å². The van der Waals surface area contributed by atoms with E-state index >= 15 is 0 Å². The van der Waals surface area contributed by atoms with Gasteiger partial charge < -0.3 is 10.6 Å². The third kappa shape index (κ3) is 5.06. The summed E-state index contributed by atoms with van der Waals surface area (Å²) in [6.45, 7) is 1.85. The number of nitrogens with zero attached hydrogens (tertiary/aromatic N) is 1. The molecule has 1 aromatic heterocycles. The zero-order valence-electron chi connectivity index (χ0n) is 22.0. The van der Waals surface area contributed by atoms with Crippen molar-refractivity contribution in [2.45, 2.75) is 23.8 Å². The van der Waals surface area contributed by atoms with Gasteiger partial charge in [-0.05, 0) is 73.3 Å². The number of aromatic nitrogens is 1. The van der Waals surface area contributed by atoms with Crippen LogP contribution in [0.3, 0.4) is 0 Å². The molecule has 1 fully saturated rings. The average Bonchev–Trinajstić information content (AvgIpc) is 3.42. The van der Waals surface area contributed by atoms with Gasteiger partial charge in [0.2, 0.25) is 0 Å². The van der Waals surface area contributed by atoms with Crippen LogP contribution in [0.5, 0.6) is 0 Å². The van der Waals surface area contributed by atoms with Crippen molar-refractivity contribution >= 4 is 26.8 Å². The van der Waals surface area contributed by atoms with E-state index in [2.05, 4.69) is 10.6 Å². The van der Waals surface area contributed by atoms with Gasteiger partial charge in [0.05, 0.1) is 16.5 Å². The standard InChI is InChI=1S/C33H31N3O3S/c37-33(35-32(25-11-5-2-6-12-25)26-19-21-34-22-20-26)27-15-17-28(18-16-27)40(38,39)36-23-30(24-9-3-1-4-10-24)29-13-7-8-14-31(29)36/h1-18,23,26,32,34H,19-22H2,(H,35,37). The van der Waals surface area contributed by atoms with E-state index in [4.69, 9.17) is 0 Å². The minimum atomic E-state index is -3.90. The molecule has 1 unspecified atom stereocenters. The molecule has 0 bridgehead atoms. The number of carbonyl (C=O) groups is 1. The highest BCUT2D eigenvalue weighted by Crippen LogP contribution is 2.33. The zero-order chi connectivity index (χ0) is 27.5. The van der Waals surface area contributed by atoms with E-state index in [1.165, 1.54) is 16.1 Å². The normalized spacial score (nSPS) is 15.1. The zero-order valence-corrected chi connectivity index (χ0v) is 22.8. The van der Waals surface area contributed by atoms with Crippen molar-refractivity contribution in [1.29, 1.82) is 0 Å². The van der Waals surface area contributed by atoms with E-state index < -0.39 is 10.0 Å². The summed E-state index contributed by atoms with van der Waals surface area (Å²) < 4.78 is 28.9. The van der Waals surface area contributed by atoms with Crippen LogP contribution in [0.25, 0.3) is 22.0 Å². The lowest BCUT2D eigenvalue weighted by atomic mass is 9.85. The van der Waals surface area contributed by atoms with Gasteiger partial charge in [0.1, 0.15) is 0 Å². The Balaban J connectivity index is 1.29. The first-order valence-electron chi connectivity index (χ1n) is 13.6. The number of amides is 1. The predicted octanol–water partition coefficient (Wildman–Crippen LogP) is 6.02. The first-order valence-corrected chi connectivity index (χ1v) is 15.0. The highest BCUT2D eigenvalue weighted by Gasteiger charge is 2.27. The topological polar surface area (TPSA) is 80.2 Å². The number of piperidine rings is 1. The molecule has 0 saturated carbocycles. The van der Waals surface area contributed by atoms with Crippen LogP contribution >= 0.6 is 0 Å². The predicted molar refractivity (Wildman–Crippen MR) is 159 cm³/mol. The smallest absolute Gasteiger partial charge is 0.268 e. The van der Waals surface area contributed by atoms with E-state index in [0.29, 0.717) is 17.0 Å². The quantitative estimate of drug-likeness (QED) is 0.260. The van der Waals surface area contributed by atoms with Crippen molar-refractivity contribution in [2.24, 2.45) is 5.92 Å². The minimum absolute atomic E-state index is 0.109. The van der Waals surface area contributed by atoms with Crippen molar-refractivity contribution in [3.05, 3.63) is 127 Å². The highest BCUT2D eigenvalue weighted by atomic mass is 32.2. The molecule has 5 aromatic rings. The number of nitrogens with one attached hydrogen (secondary N) is 2. The van der Waals surface area contributed by atoms with Crippen LogP contribution in [0.15, 0.2) is 120 Å². The summed E-state index contributed by atoms with van der Waals surface area (Å²) in [5.74, 6) is 0.113. The fourth-order valence-electron chi connectivity index (χ4n) is 5.62. The molecule has 1 aliphatic rings. The Morgan fingerprint density at radius 3 is 2.12 bits per heavy atom. The molecular formula is C33H31N3O3S. The molecule has 2 N–H and O–H groups in total. The lowest BCUT2D eigenvalue weighted by Crippen LogP contribution is -2.38. The lowest BCUT2D eigenvalue weighted by Gasteiger charge is -2.31. The molecule has 6 nitrogen and oxygen atoms in total. The maximum absolute atomic E-state index is 13.8. The molecule has 202 valence electrons. The number of hydrogen-bond acceptors (Lipinski definition) is 4. The maximum atomic E-state index is 13.8. The van der Waals surface area contributed by atoms with Crippen molar-refractivity contribution in [1.82, 2.24) is 14.6 Å². The van der Waals surface area contributed by atoms with Crippen molar-refractivity contribution in [3.8, 4) is 11.1 Å². The molecular weight excluding hydrogens is 518 g/mol. The third-order valence-corrected chi connectivity index (χ3v) is 9.42. The van der Waals surface area contributed by atoms with Crippen molar-refractivity contribution in [3.63, 3.8) is 0 Å². The van der Waals surface area contributed by atoms with Gasteiger partial charge in [-0.3, -0.25) is 4.79 Å². The molecule has 4 aromatic carbocycles. The molecule has 2 heterocycles. The van der Waals surface area contributed by atoms with Gasteiger partial charge >= 0.3 is 0 Å². The number of rotatable bonds is 7. The van der Waals surface area contributed by atoms with Crippen LogP contribution in [0.4, 0.5) is 0 Å². The van der Waals surface area contributed by atoms with Crippen LogP contribution in [0, 0.1) is 5.92 Å². The van der Waals surface area contributed by atoms with Gasteiger partial charge in [-0.15, -0.1) is 0 Å². The van der Waals surface area contributed by atoms with Gasteiger partial charge in [0, 0.05) is 22.7 Å². The van der Waals surface area contributed by atoms with Crippen LogP contribution < -0.4 is 10.6 Å². The molecule has 1 amide bonds. The van der Waals surface area contributed by atoms with Crippen LogP contribution in [0.1, 0.15) is 34.8 Å². The van der Waals surface area contributed by atoms with Gasteiger partial charge in [-0.1, -0.05) is 78.9 Å². The summed E-state index contributed by atoms with van der Waals surface area (Å²) in [5.41, 5.74) is 3.91. The molecule has 0 aliphatic carbocycles. The van der Waals surface area contributed by atoms with E-state index in [9.17, 15) is 13.2 Å². The fraction of sp³-hybridized carbons (Fsp3) is 0.182. The van der Waals surface area contributed by atoms with Crippen molar-refractivity contribution < 1.29 is 13.2 Å². The number of hydrogen-bond donors (Lipinski definition) is 2. The van der Waals surface area contributed by atoms with Crippen LogP contribution in [-0.2, 0) is 10.0 Å². The largest absolute Gasteiger partial charge is 0.345 e. The van der Waals surface area contributed by atoms with Gasteiger partial charge in [-0.2, -0.15) is 0 Å². The molecule has 7 heteroatoms.